The molecule has 0 spiro atoms. The first-order valence-electron chi connectivity index (χ1n) is 10.1. The Bertz CT molecular complexity index is 1500. The van der Waals surface area contributed by atoms with E-state index in [4.69, 9.17) is 11.6 Å². The van der Waals surface area contributed by atoms with Gasteiger partial charge in [0.1, 0.15) is 17.2 Å². The van der Waals surface area contributed by atoms with Crippen molar-refractivity contribution >= 4 is 63.4 Å². The Labute approximate surface area is 202 Å². The van der Waals surface area contributed by atoms with E-state index in [0.717, 1.165) is 11.0 Å². The Morgan fingerprint density at radius 1 is 1.00 bits per heavy atom. The van der Waals surface area contributed by atoms with Crippen LogP contribution in [0.1, 0.15) is 10.4 Å². The Morgan fingerprint density at radius 2 is 1.82 bits per heavy atom. The van der Waals surface area contributed by atoms with E-state index in [2.05, 4.69) is 30.8 Å². The van der Waals surface area contributed by atoms with Gasteiger partial charge in [-0.15, -0.1) is 10.2 Å². The number of anilines is 2. The summed E-state index contributed by atoms with van der Waals surface area (Å²) in [6, 6.07) is 17.5. The number of hydrogen-bond donors (Lipinski definition) is 2. The first-order chi connectivity index (χ1) is 16.6. The zero-order chi connectivity index (χ0) is 23.5. The fourth-order valence-electron chi connectivity index (χ4n) is 3.25. The molecule has 0 bridgehead atoms. The van der Waals surface area contributed by atoms with Gasteiger partial charge in [-0.3, -0.25) is 14.0 Å². The molecule has 0 fully saturated rings. The van der Waals surface area contributed by atoms with Crippen molar-refractivity contribution in [1.82, 2.24) is 24.6 Å². The minimum absolute atomic E-state index is 0.137. The molecular formula is C23H16ClN7O2S. The van der Waals surface area contributed by atoms with Crippen LogP contribution < -0.4 is 10.6 Å². The molecule has 0 atom stereocenters. The highest BCUT2D eigenvalue weighted by Crippen LogP contribution is 2.24. The lowest BCUT2D eigenvalue weighted by atomic mass is 10.2. The highest BCUT2D eigenvalue weighted by Gasteiger charge is 2.13. The average Bonchev–Trinajstić information content (AvgIpc) is 3.35. The third-order valence-electron chi connectivity index (χ3n) is 4.84. The molecule has 0 aliphatic heterocycles. The number of carbonyl (C=O) groups excluding carboxylic acids is 2. The molecule has 0 aliphatic carbocycles. The fraction of sp³-hybridized carbons (Fsp3) is 0.0435. The smallest absolute Gasteiger partial charge is 0.256 e. The zero-order valence-corrected chi connectivity index (χ0v) is 19.0. The van der Waals surface area contributed by atoms with Crippen molar-refractivity contribution in [2.24, 2.45) is 0 Å². The van der Waals surface area contributed by atoms with Crippen LogP contribution >= 0.6 is 23.4 Å². The first-order valence-corrected chi connectivity index (χ1v) is 11.5. The minimum atomic E-state index is -0.317. The Balaban J connectivity index is 1.21. The van der Waals surface area contributed by atoms with E-state index in [1.807, 2.05) is 28.7 Å². The summed E-state index contributed by atoms with van der Waals surface area (Å²) in [4.78, 5) is 33.6. The summed E-state index contributed by atoms with van der Waals surface area (Å²) in [6.45, 7) is 0. The summed E-state index contributed by atoms with van der Waals surface area (Å²) in [5.41, 5.74) is 3.29. The number of nitrogens with one attached hydrogen (secondary N) is 2. The third-order valence-corrected chi connectivity index (χ3v) is 6.02. The van der Waals surface area contributed by atoms with Crippen LogP contribution in [-0.2, 0) is 4.79 Å². The number of halogens is 1. The van der Waals surface area contributed by atoms with Crippen LogP contribution in [0.15, 0.2) is 78.2 Å². The number of benzene rings is 2. The summed E-state index contributed by atoms with van der Waals surface area (Å²) < 4.78 is 1.85. The Kier molecular flexibility index (Phi) is 6.07. The van der Waals surface area contributed by atoms with Crippen molar-refractivity contribution < 1.29 is 9.59 Å². The maximum Gasteiger partial charge on any atom is 0.256 e. The maximum atomic E-state index is 12.5. The zero-order valence-electron chi connectivity index (χ0n) is 17.5. The van der Waals surface area contributed by atoms with E-state index >= 15 is 0 Å². The van der Waals surface area contributed by atoms with Crippen LogP contribution in [0.5, 0.6) is 0 Å². The van der Waals surface area contributed by atoms with Gasteiger partial charge in [0, 0.05) is 17.4 Å². The van der Waals surface area contributed by atoms with Crippen LogP contribution in [0.2, 0.25) is 5.02 Å². The molecule has 5 rings (SSSR count). The number of thioether (sulfide) groups is 1. The van der Waals surface area contributed by atoms with E-state index in [1.54, 1.807) is 42.7 Å². The molecule has 0 saturated heterocycles. The van der Waals surface area contributed by atoms with E-state index < -0.39 is 0 Å². The van der Waals surface area contributed by atoms with Gasteiger partial charge >= 0.3 is 0 Å². The van der Waals surface area contributed by atoms with E-state index in [1.165, 1.54) is 18.0 Å². The van der Waals surface area contributed by atoms with Gasteiger partial charge in [0.05, 0.1) is 21.8 Å². The van der Waals surface area contributed by atoms with Crippen molar-refractivity contribution in [2.45, 2.75) is 5.03 Å². The predicted molar refractivity (Wildman–Crippen MR) is 131 cm³/mol. The Morgan fingerprint density at radius 3 is 2.62 bits per heavy atom. The summed E-state index contributed by atoms with van der Waals surface area (Å²) in [6.07, 6.45) is 3.08. The summed E-state index contributed by atoms with van der Waals surface area (Å²) in [5.74, 6) is 0.00856. The number of fused-ring (bicyclic) bond motifs is 3. The lowest BCUT2D eigenvalue weighted by molar-refractivity contribution is -0.113. The molecule has 3 aromatic heterocycles. The highest BCUT2D eigenvalue weighted by molar-refractivity contribution is 8.00. The summed E-state index contributed by atoms with van der Waals surface area (Å²) in [5, 5.41) is 14.7. The maximum absolute atomic E-state index is 12.5. The van der Waals surface area contributed by atoms with Crippen molar-refractivity contribution in [2.75, 3.05) is 16.4 Å². The molecule has 0 aliphatic rings. The second kappa shape index (κ2) is 9.46. The number of hydrogen-bond acceptors (Lipinski definition) is 7. The highest BCUT2D eigenvalue weighted by atomic mass is 35.5. The van der Waals surface area contributed by atoms with E-state index in [9.17, 15) is 9.59 Å². The molecule has 0 radical (unpaired) electrons. The van der Waals surface area contributed by atoms with E-state index in [0.29, 0.717) is 32.8 Å². The third kappa shape index (κ3) is 4.68. The number of carbonyl (C=O) groups is 2. The van der Waals surface area contributed by atoms with Crippen LogP contribution in [-0.4, -0.2) is 42.1 Å². The SMILES string of the molecule is O=C(CSc1nc2ccccc2n2cnnc12)Nc1ccc(C(=O)Nc2ccc(Cl)cn2)cc1. The van der Waals surface area contributed by atoms with Gasteiger partial charge in [-0.25, -0.2) is 9.97 Å². The quantitative estimate of drug-likeness (QED) is 0.341. The normalized spacial score (nSPS) is 11.0. The van der Waals surface area contributed by atoms with Crippen LogP contribution in [0.4, 0.5) is 11.5 Å². The largest absolute Gasteiger partial charge is 0.325 e. The number of para-hydroxylation sites is 2. The van der Waals surface area contributed by atoms with Crippen molar-refractivity contribution in [3.8, 4) is 0 Å². The molecule has 168 valence electrons. The average molecular weight is 490 g/mol. The van der Waals surface area contributed by atoms with Gasteiger partial charge in [0.25, 0.3) is 5.91 Å². The first kappa shape index (κ1) is 21.8. The predicted octanol–water partition coefficient (Wildman–Crippen LogP) is 4.31. The van der Waals surface area contributed by atoms with Crippen molar-refractivity contribution in [3.63, 3.8) is 0 Å². The Hall–Kier alpha value is -4.02. The molecule has 0 unspecified atom stereocenters. The molecule has 2 aromatic carbocycles. The number of aromatic nitrogens is 5. The molecule has 9 nitrogen and oxygen atoms in total. The van der Waals surface area contributed by atoms with Gasteiger partial charge < -0.3 is 10.6 Å². The lowest BCUT2D eigenvalue weighted by Crippen LogP contribution is -2.15. The molecule has 11 heteroatoms. The van der Waals surface area contributed by atoms with Crippen LogP contribution in [0.3, 0.4) is 0 Å². The fourth-order valence-corrected chi connectivity index (χ4v) is 4.13. The second-order valence-electron chi connectivity index (χ2n) is 7.16. The van der Waals surface area contributed by atoms with Gasteiger partial charge in [-0.2, -0.15) is 0 Å². The monoisotopic (exact) mass is 489 g/mol. The lowest BCUT2D eigenvalue weighted by Gasteiger charge is -2.08. The van der Waals surface area contributed by atoms with Gasteiger partial charge in [0.2, 0.25) is 5.91 Å². The molecule has 3 heterocycles. The summed E-state index contributed by atoms with van der Waals surface area (Å²) in [7, 11) is 0. The number of pyridine rings is 1. The molecule has 5 aromatic rings. The topological polar surface area (TPSA) is 114 Å². The molecule has 34 heavy (non-hydrogen) atoms. The molecular weight excluding hydrogens is 474 g/mol. The molecule has 0 saturated carbocycles. The second-order valence-corrected chi connectivity index (χ2v) is 8.56. The number of amides is 2. The molecule has 2 N–H and O–H groups in total. The van der Waals surface area contributed by atoms with Crippen molar-refractivity contribution in [3.05, 3.63) is 83.8 Å². The van der Waals surface area contributed by atoms with Gasteiger partial charge in [0.15, 0.2) is 5.65 Å². The molecule has 2 amide bonds. The number of rotatable bonds is 6. The van der Waals surface area contributed by atoms with Crippen LogP contribution in [0, 0.1) is 0 Å². The number of nitrogens with zero attached hydrogens (tertiary/aromatic N) is 5. The standard InChI is InChI=1S/C23H16ClN7O2S/c24-15-7-10-19(25-11-15)29-22(33)14-5-8-16(9-6-14)27-20(32)12-34-23-21-30-26-13-31(21)18-4-2-1-3-17(18)28-23/h1-11,13H,12H2,(H,27,32)(H,25,29,33). The van der Waals surface area contributed by atoms with Crippen molar-refractivity contribution in [1.29, 1.82) is 0 Å². The van der Waals surface area contributed by atoms with Gasteiger partial charge in [-0.05, 0) is 48.5 Å². The van der Waals surface area contributed by atoms with Crippen LogP contribution in [0.25, 0.3) is 16.7 Å². The summed E-state index contributed by atoms with van der Waals surface area (Å²) >= 11 is 7.08. The van der Waals surface area contributed by atoms with E-state index in [-0.39, 0.29) is 17.6 Å². The van der Waals surface area contributed by atoms with Gasteiger partial charge in [-0.1, -0.05) is 35.5 Å². The minimum Gasteiger partial charge on any atom is -0.325 e.